The maximum Gasteiger partial charge on any atom is 0.329 e. The minimum atomic E-state index is -0.678. The van der Waals surface area contributed by atoms with Gasteiger partial charge in [0.2, 0.25) is 11.8 Å². The largest absolute Gasteiger partial charge is 0.368 e. The second kappa shape index (κ2) is 5.02. The second-order valence-corrected chi connectivity index (χ2v) is 3.94. The van der Waals surface area contributed by atoms with E-state index in [1.165, 1.54) is 6.07 Å². The first-order chi connectivity index (χ1) is 8.95. The van der Waals surface area contributed by atoms with Crippen LogP contribution < -0.4 is 11.1 Å². The molecule has 0 unspecified atom stereocenters. The topological polar surface area (TPSA) is 107 Å². The summed E-state index contributed by atoms with van der Waals surface area (Å²) < 4.78 is 13.2. The third-order valence-corrected chi connectivity index (χ3v) is 2.33. The summed E-state index contributed by atoms with van der Waals surface area (Å²) in [5.41, 5.74) is 5.19. The molecule has 2 rings (SSSR count). The molecule has 0 saturated heterocycles. The van der Waals surface area contributed by atoms with Gasteiger partial charge < -0.3 is 11.1 Å². The molecule has 0 saturated carbocycles. The average Bonchev–Trinajstić information content (AvgIpc) is 2.26. The SMILES string of the molecule is Nc1ncc([N+](=O)[O-])c(Nc2cc(F)cc(Cl)c2)n1. The van der Waals surface area contributed by atoms with Crippen LogP contribution in [0.5, 0.6) is 0 Å². The second-order valence-electron chi connectivity index (χ2n) is 3.50. The van der Waals surface area contributed by atoms with Crippen molar-refractivity contribution in [3.05, 3.63) is 45.4 Å². The van der Waals surface area contributed by atoms with Gasteiger partial charge in [-0.3, -0.25) is 10.1 Å². The van der Waals surface area contributed by atoms with Crippen LogP contribution in [-0.2, 0) is 0 Å². The van der Waals surface area contributed by atoms with Crippen molar-refractivity contribution < 1.29 is 9.31 Å². The molecule has 1 aromatic heterocycles. The van der Waals surface area contributed by atoms with Crippen molar-refractivity contribution in [2.75, 3.05) is 11.1 Å². The number of rotatable bonds is 3. The van der Waals surface area contributed by atoms with E-state index in [0.717, 1.165) is 18.3 Å². The summed E-state index contributed by atoms with van der Waals surface area (Å²) in [5, 5.41) is 13.5. The van der Waals surface area contributed by atoms with Gasteiger partial charge in [0.1, 0.15) is 12.0 Å². The van der Waals surface area contributed by atoms with Crippen LogP contribution in [0.15, 0.2) is 24.4 Å². The van der Waals surface area contributed by atoms with Crippen LogP contribution in [0.2, 0.25) is 5.02 Å². The Morgan fingerprint density at radius 3 is 2.79 bits per heavy atom. The summed E-state index contributed by atoms with van der Waals surface area (Å²) in [5.74, 6) is -0.866. The number of benzene rings is 1. The highest BCUT2D eigenvalue weighted by Crippen LogP contribution is 2.27. The highest BCUT2D eigenvalue weighted by molar-refractivity contribution is 6.30. The van der Waals surface area contributed by atoms with Crippen LogP contribution in [0.3, 0.4) is 0 Å². The molecule has 0 fully saturated rings. The molecule has 3 N–H and O–H groups in total. The minimum absolute atomic E-state index is 0.140. The number of nitro groups is 1. The van der Waals surface area contributed by atoms with Gasteiger partial charge in [-0.2, -0.15) is 4.98 Å². The third kappa shape index (κ3) is 3.05. The predicted molar refractivity (Wildman–Crippen MR) is 67.8 cm³/mol. The maximum atomic E-state index is 13.2. The van der Waals surface area contributed by atoms with Crippen molar-refractivity contribution in [3.8, 4) is 0 Å². The normalized spacial score (nSPS) is 10.2. The molecule has 1 aromatic carbocycles. The fourth-order valence-corrected chi connectivity index (χ4v) is 1.60. The van der Waals surface area contributed by atoms with E-state index >= 15 is 0 Å². The Hall–Kier alpha value is -2.48. The molecular formula is C10H7ClFN5O2. The highest BCUT2D eigenvalue weighted by atomic mass is 35.5. The first-order valence-electron chi connectivity index (χ1n) is 4.96. The van der Waals surface area contributed by atoms with E-state index in [1.54, 1.807) is 0 Å². The van der Waals surface area contributed by atoms with Gasteiger partial charge in [0.25, 0.3) is 0 Å². The van der Waals surface area contributed by atoms with Crippen molar-refractivity contribution >= 4 is 34.7 Å². The molecular weight excluding hydrogens is 277 g/mol. The number of hydrogen-bond donors (Lipinski definition) is 2. The molecule has 0 bridgehead atoms. The summed E-state index contributed by atoms with van der Waals surface area (Å²) in [6, 6.07) is 3.62. The Morgan fingerprint density at radius 2 is 2.16 bits per heavy atom. The summed E-state index contributed by atoms with van der Waals surface area (Å²) in [6.07, 6.45) is 0.964. The highest BCUT2D eigenvalue weighted by Gasteiger charge is 2.17. The number of nitrogen functional groups attached to an aromatic ring is 1. The summed E-state index contributed by atoms with van der Waals surface area (Å²) in [6.45, 7) is 0. The lowest BCUT2D eigenvalue weighted by molar-refractivity contribution is -0.384. The van der Waals surface area contributed by atoms with Gasteiger partial charge in [-0.05, 0) is 18.2 Å². The molecule has 98 valence electrons. The van der Waals surface area contributed by atoms with Crippen LogP contribution in [-0.4, -0.2) is 14.9 Å². The van der Waals surface area contributed by atoms with Crippen LogP contribution in [0.25, 0.3) is 0 Å². The van der Waals surface area contributed by atoms with Gasteiger partial charge in [0, 0.05) is 10.7 Å². The van der Waals surface area contributed by atoms with Crippen LogP contribution >= 0.6 is 11.6 Å². The van der Waals surface area contributed by atoms with E-state index in [2.05, 4.69) is 15.3 Å². The molecule has 0 aliphatic rings. The lowest BCUT2D eigenvalue weighted by atomic mass is 10.3. The van der Waals surface area contributed by atoms with Crippen LogP contribution in [0.4, 0.5) is 27.5 Å². The first kappa shape index (κ1) is 13.0. The molecule has 0 spiro atoms. The van der Waals surface area contributed by atoms with E-state index in [1.807, 2.05) is 0 Å². The number of hydrogen-bond acceptors (Lipinski definition) is 6. The number of aromatic nitrogens is 2. The quantitative estimate of drug-likeness (QED) is 0.662. The molecule has 0 radical (unpaired) electrons. The third-order valence-electron chi connectivity index (χ3n) is 2.11. The Labute approximate surface area is 111 Å². The van der Waals surface area contributed by atoms with E-state index in [0.29, 0.717) is 0 Å². The van der Waals surface area contributed by atoms with E-state index < -0.39 is 10.7 Å². The minimum Gasteiger partial charge on any atom is -0.368 e. The lowest BCUT2D eigenvalue weighted by Gasteiger charge is -2.07. The standard InChI is InChI=1S/C10H7ClFN5O2/c11-5-1-6(12)3-7(2-5)15-9-8(17(18)19)4-14-10(13)16-9/h1-4H,(H3,13,14,15,16). The van der Waals surface area contributed by atoms with E-state index in [-0.39, 0.29) is 28.2 Å². The van der Waals surface area contributed by atoms with E-state index in [4.69, 9.17) is 17.3 Å². The van der Waals surface area contributed by atoms with Gasteiger partial charge in [-0.15, -0.1) is 0 Å². The van der Waals surface area contributed by atoms with Crippen molar-refractivity contribution in [1.82, 2.24) is 9.97 Å². The number of halogens is 2. The van der Waals surface area contributed by atoms with Gasteiger partial charge in [0.05, 0.1) is 4.92 Å². The van der Waals surface area contributed by atoms with Gasteiger partial charge in [-0.1, -0.05) is 11.6 Å². The predicted octanol–water partition coefficient (Wildman–Crippen LogP) is 2.50. The maximum absolute atomic E-state index is 13.2. The van der Waals surface area contributed by atoms with E-state index in [9.17, 15) is 14.5 Å². The fourth-order valence-electron chi connectivity index (χ4n) is 1.38. The molecule has 9 heteroatoms. The fraction of sp³-hybridized carbons (Fsp3) is 0. The molecule has 2 aromatic rings. The molecule has 0 amide bonds. The molecule has 7 nitrogen and oxygen atoms in total. The number of nitrogens with zero attached hydrogens (tertiary/aromatic N) is 3. The first-order valence-corrected chi connectivity index (χ1v) is 5.33. The van der Waals surface area contributed by atoms with Gasteiger partial charge >= 0.3 is 5.69 Å². The summed E-state index contributed by atoms with van der Waals surface area (Å²) >= 11 is 5.68. The summed E-state index contributed by atoms with van der Waals surface area (Å²) in [7, 11) is 0. The van der Waals surface area contributed by atoms with Crippen molar-refractivity contribution in [2.24, 2.45) is 0 Å². The molecule has 1 heterocycles. The van der Waals surface area contributed by atoms with Crippen LogP contribution in [0.1, 0.15) is 0 Å². The molecule has 0 aliphatic carbocycles. The molecule has 0 atom stereocenters. The Morgan fingerprint density at radius 1 is 1.42 bits per heavy atom. The number of nitrogens with two attached hydrogens (primary N) is 1. The lowest BCUT2D eigenvalue weighted by Crippen LogP contribution is -2.04. The zero-order chi connectivity index (χ0) is 14.0. The number of anilines is 3. The zero-order valence-corrected chi connectivity index (χ0v) is 10.1. The van der Waals surface area contributed by atoms with Crippen molar-refractivity contribution in [1.29, 1.82) is 0 Å². The number of nitrogens with one attached hydrogen (secondary N) is 1. The average molecular weight is 284 g/mol. The Kier molecular flexibility index (Phi) is 3.43. The van der Waals surface area contributed by atoms with Gasteiger partial charge in [-0.25, -0.2) is 9.37 Å². The Balaban J connectivity index is 2.42. The molecule has 19 heavy (non-hydrogen) atoms. The zero-order valence-electron chi connectivity index (χ0n) is 9.30. The van der Waals surface area contributed by atoms with Crippen molar-refractivity contribution in [2.45, 2.75) is 0 Å². The summed E-state index contributed by atoms with van der Waals surface area (Å²) in [4.78, 5) is 17.3. The monoisotopic (exact) mass is 283 g/mol. The Bertz CT molecular complexity index is 632. The van der Waals surface area contributed by atoms with Gasteiger partial charge in [0.15, 0.2) is 0 Å². The van der Waals surface area contributed by atoms with Crippen molar-refractivity contribution in [3.63, 3.8) is 0 Å². The van der Waals surface area contributed by atoms with Crippen LogP contribution in [0, 0.1) is 15.9 Å². The smallest absolute Gasteiger partial charge is 0.329 e. The molecule has 0 aliphatic heterocycles.